The molecule has 4 heteroatoms. The summed E-state index contributed by atoms with van der Waals surface area (Å²) in [5.41, 5.74) is 3.19. The molecule has 3 atom stereocenters. The van der Waals surface area contributed by atoms with Crippen molar-refractivity contribution in [2.24, 2.45) is 5.92 Å². The van der Waals surface area contributed by atoms with Crippen LogP contribution in [0, 0.1) is 12.8 Å². The SMILES string of the molecule is CC[C@@H](O)[C@@H](C)CCC/C(C)=C\C[C@H](O)/C(C)=C/c1csc(C)n1. The Bertz CT molecular complexity index is 548. The number of aryl methyl sites for hydroxylation is 1. The first kappa shape index (κ1) is 21.1. The molecule has 0 amide bonds. The van der Waals surface area contributed by atoms with Gasteiger partial charge in [0.2, 0.25) is 0 Å². The zero-order chi connectivity index (χ0) is 18.1. The van der Waals surface area contributed by atoms with Crippen molar-refractivity contribution in [3.63, 3.8) is 0 Å². The Morgan fingerprint density at radius 1 is 1.33 bits per heavy atom. The fourth-order valence-electron chi connectivity index (χ4n) is 2.67. The Morgan fingerprint density at radius 2 is 2.04 bits per heavy atom. The van der Waals surface area contributed by atoms with Crippen LogP contribution < -0.4 is 0 Å². The van der Waals surface area contributed by atoms with Gasteiger partial charge in [-0.15, -0.1) is 11.3 Å². The Morgan fingerprint density at radius 3 is 2.62 bits per heavy atom. The monoisotopic (exact) mass is 351 g/mol. The molecule has 0 bridgehead atoms. The number of allylic oxidation sites excluding steroid dienone is 1. The lowest BCUT2D eigenvalue weighted by Gasteiger charge is -2.17. The molecular formula is C20H33NO2S. The Kier molecular flexibility index (Phi) is 9.49. The van der Waals surface area contributed by atoms with Gasteiger partial charge in [-0.25, -0.2) is 4.98 Å². The van der Waals surface area contributed by atoms with Crippen LogP contribution in [-0.2, 0) is 0 Å². The second kappa shape index (κ2) is 10.8. The van der Waals surface area contributed by atoms with Gasteiger partial charge in [0.15, 0.2) is 0 Å². The number of nitrogens with zero attached hydrogens (tertiary/aromatic N) is 1. The fraction of sp³-hybridized carbons (Fsp3) is 0.650. The third kappa shape index (κ3) is 7.73. The average molecular weight is 352 g/mol. The van der Waals surface area contributed by atoms with E-state index in [0.29, 0.717) is 12.3 Å². The topological polar surface area (TPSA) is 53.4 Å². The second-order valence-corrected chi connectivity index (χ2v) is 7.89. The second-order valence-electron chi connectivity index (χ2n) is 6.83. The van der Waals surface area contributed by atoms with E-state index in [1.54, 1.807) is 11.3 Å². The van der Waals surface area contributed by atoms with Gasteiger partial charge >= 0.3 is 0 Å². The number of hydrogen-bond donors (Lipinski definition) is 2. The number of aliphatic hydroxyl groups excluding tert-OH is 2. The van der Waals surface area contributed by atoms with E-state index >= 15 is 0 Å². The van der Waals surface area contributed by atoms with Crippen LogP contribution in [0.2, 0.25) is 0 Å². The maximum Gasteiger partial charge on any atom is 0.0901 e. The lowest BCUT2D eigenvalue weighted by atomic mass is 9.95. The van der Waals surface area contributed by atoms with Gasteiger partial charge in [-0.2, -0.15) is 0 Å². The zero-order valence-corrected chi connectivity index (χ0v) is 16.6. The van der Waals surface area contributed by atoms with Gasteiger partial charge in [0.1, 0.15) is 0 Å². The van der Waals surface area contributed by atoms with Gasteiger partial charge in [0.25, 0.3) is 0 Å². The smallest absolute Gasteiger partial charge is 0.0901 e. The first-order valence-electron chi connectivity index (χ1n) is 8.95. The minimum atomic E-state index is -0.456. The Balaban J connectivity index is 2.39. The minimum absolute atomic E-state index is 0.182. The van der Waals surface area contributed by atoms with E-state index < -0.39 is 6.10 Å². The van der Waals surface area contributed by atoms with Crippen molar-refractivity contribution >= 4 is 17.4 Å². The molecule has 136 valence electrons. The lowest BCUT2D eigenvalue weighted by molar-refractivity contribution is 0.107. The summed E-state index contributed by atoms with van der Waals surface area (Å²) < 4.78 is 0. The standard InChI is InChI=1S/C20H33NO2S/c1-6-19(22)15(3)9-7-8-14(2)10-11-20(23)16(4)12-18-13-24-17(5)21-18/h10,12-13,15,19-20,22-23H,6-9,11H2,1-5H3/b14-10-,16-12+/t15-,19+,20-/m0/s1. The summed E-state index contributed by atoms with van der Waals surface area (Å²) >= 11 is 1.62. The van der Waals surface area contributed by atoms with Gasteiger partial charge < -0.3 is 10.2 Å². The summed E-state index contributed by atoms with van der Waals surface area (Å²) in [5, 5.41) is 23.1. The molecule has 1 aromatic heterocycles. The van der Waals surface area contributed by atoms with Crippen molar-refractivity contribution in [1.82, 2.24) is 4.98 Å². The molecule has 0 aliphatic rings. The molecule has 0 aliphatic heterocycles. The molecule has 0 radical (unpaired) electrons. The molecule has 0 aliphatic carbocycles. The molecule has 1 rings (SSSR count). The fourth-order valence-corrected chi connectivity index (χ4v) is 3.24. The van der Waals surface area contributed by atoms with Crippen molar-refractivity contribution in [3.05, 3.63) is 33.3 Å². The summed E-state index contributed by atoms with van der Waals surface area (Å²) in [6, 6.07) is 0. The third-order valence-corrected chi connectivity index (χ3v) is 5.32. The van der Waals surface area contributed by atoms with E-state index in [4.69, 9.17) is 0 Å². The minimum Gasteiger partial charge on any atom is -0.393 e. The number of thiazole rings is 1. The van der Waals surface area contributed by atoms with Crippen LogP contribution in [-0.4, -0.2) is 27.4 Å². The number of aliphatic hydroxyl groups is 2. The van der Waals surface area contributed by atoms with Crippen molar-refractivity contribution in [3.8, 4) is 0 Å². The van der Waals surface area contributed by atoms with E-state index in [0.717, 1.165) is 42.0 Å². The van der Waals surface area contributed by atoms with Gasteiger partial charge in [0, 0.05) is 5.38 Å². The van der Waals surface area contributed by atoms with Crippen molar-refractivity contribution in [2.75, 3.05) is 0 Å². The normalized spacial score (nSPS) is 17.0. The predicted molar refractivity (Wildman–Crippen MR) is 104 cm³/mol. The molecule has 0 saturated heterocycles. The van der Waals surface area contributed by atoms with E-state index in [9.17, 15) is 10.2 Å². The number of hydrogen-bond acceptors (Lipinski definition) is 4. The number of aromatic nitrogens is 1. The van der Waals surface area contributed by atoms with E-state index in [1.807, 2.05) is 32.2 Å². The molecule has 24 heavy (non-hydrogen) atoms. The molecule has 0 spiro atoms. The Labute approximate surface area is 151 Å². The van der Waals surface area contributed by atoms with Gasteiger partial charge in [-0.05, 0) is 70.4 Å². The third-order valence-electron chi connectivity index (χ3n) is 4.53. The highest BCUT2D eigenvalue weighted by atomic mass is 32.1. The first-order chi connectivity index (χ1) is 11.3. The van der Waals surface area contributed by atoms with Crippen LogP contribution in [0.5, 0.6) is 0 Å². The average Bonchev–Trinajstić information content (AvgIpc) is 2.96. The molecule has 0 saturated carbocycles. The quantitative estimate of drug-likeness (QED) is 0.575. The van der Waals surface area contributed by atoms with Crippen LogP contribution in [0.4, 0.5) is 0 Å². The largest absolute Gasteiger partial charge is 0.393 e. The van der Waals surface area contributed by atoms with E-state index in [2.05, 4.69) is 24.9 Å². The van der Waals surface area contributed by atoms with Crippen molar-refractivity contribution in [1.29, 1.82) is 0 Å². The predicted octanol–water partition coefficient (Wildman–Crippen LogP) is 5.13. The number of rotatable bonds is 10. The molecule has 0 fully saturated rings. The zero-order valence-electron chi connectivity index (χ0n) is 15.7. The summed E-state index contributed by atoms with van der Waals surface area (Å²) in [6.45, 7) is 10.2. The van der Waals surface area contributed by atoms with Crippen LogP contribution >= 0.6 is 11.3 Å². The summed E-state index contributed by atoms with van der Waals surface area (Å²) in [5.74, 6) is 0.361. The maximum absolute atomic E-state index is 10.3. The highest BCUT2D eigenvalue weighted by molar-refractivity contribution is 7.09. The molecule has 3 nitrogen and oxygen atoms in total. The van der Waals surface area contributed by atoms with Gasteiger partial charge in [-0.1, -0.05) is 25.5 Å². The van der Waals surface area contributed by atoms with Crippen molar-refractivity contribution in [2.45, 2.75) is 78.9 Å². The summed E-state index contributed by atoms with van der Waals surface area (Å²) in [6.07, 6.45) is 8.09. The molecule has 1 aromatic rings. The highest BCUT2D eigenvalue weighted by Gasteiger charge is 2.11. The van der Waals surface area contributed by atoms with E-state index in [-0.39, 0.29) is 6.10 Å². The van der Waals surface area contributed by atoms with E-state index in [1.165, 1.54) is 5.57 Å². The lowest BCUT2D eigenvalue weighted by Crippen LogP contribution is -2.16. The highest BCUT2D eigenvalue weighted by Crippen LogP contribution is 2.19. The van der Waals surface area contributed by atoms with Crippen LogP contribution in [0.25, 0.3) is 6.08 Å². The van der Waals surface area contributed by atoms with Gasteiger partial charge in [-0.3, -0.25) is 0 Å². The first-order valence-corrected chi connectivity index (χ1v) is 9.83. The Hall–Kier alpha value is -0.970. The maximum atomic E-state index is 10.3. The van der Waals surface area contributed by atoms with Crippen LogP contribution in [0.3, 0.4) is 0 Å². The summed E-state index contributed by atoms with van der Waals surface area (Å²) in [4.78, 5) is 4.40. The summed E-state index contributed by atoms with van der Waals surface area (Å²) in [7, 11) is 0. The molecule has 2 N–H and O–H groups in total. The van der Waals surface area contributed by atoms with Crippen molar-refractivity contribution < 1.29 is 10.2 Å². The van der Waals surface area contributed by atoms with Crippen LogP contribution in [0.1, 0.15) is 70.5 Å². The molecule has 0 unspecified atom stereocenters. The van der Waals surface area contributed by atoms with Gasteiger partial charge in [0.05, 0.1) is 22.9 Å². The molecule has 1 heterocycles. The molecule has 0 aromatic carbocycles. The van der Waals surface area contributed by atoms with Crippen LogP contribution in [0.15, 0.2) is 22.6 Å². The molecular weight excluding hydrogens is 318 g/mol.